The lowest BCUT2D eigenvalue weighted by Crippen LogP contribution is -2.45. The summed E-state index contributed by atoms with van der Waals surface area (Å²) < 4.78 is 34.8. The maximum atomic E-state index is 14.3. The molecule has 0 bridgehead atoms. The molecule has 0 saturated heterocycles. The quantitative estimate of drug-likeness (QED) is 0.0446. The topological polar surface area (TPSA) is 206 Å². The van der Waals surface area contributed by atoms with E-state index in [1.807, 2.05) is 125 Å². The maximum Gasteiger partial charge on any atom is 0.410 e. The van der Waals surface area contributed by atoms with Crippen LogP contribution < -0.4 is 5.32 Å². The van der Waals surface area contributed by atoms with E-state index in [1.165, 1.54) is 74.0 Å². The van der Waals surface area contributed by atoms with Crippen LogP contribution in [-0.2, 0) is 33.2 Å². The first-order valence-corrected chi connectivity index (χ1v) is 34.7. The van der Waals surface area contributed by atoms with Gasteiger partial charge in [0.2, 0.25) is 5.91 Å². The van der Waals surface area contributed by atoms with Gasteiger partial charge in [0.25, 0.3) is 0 Å². The van der Waals surface area contributed by atoms with Crippen molar-refractivity contribution in [3.8, 4) is 0 Å². The van der Waals surface area contributed by atoms with Crippen molar-refractivity contribution in [2.24, 2.45) is 5.92 Å². The number of carbonyl (C=O) groups excluding carboxylic acids is 7. The van der Waals surface area contributed by atoms with Crippen LogP contribution in [0.2, 0.25) is 0 Å². The smallest absolute Gasteiger partial charge is 0.410 e. The van der Waals surface area contributed by atoms with Gasteiger partial charge in [0.15, 0.2) is 0 Å². The fourth-order valence-corrected chi connectivity index (χ4v) is 9.70. The summed E-state index contributed by atoms with van der Waals surface area (Å²) in [5.41, 5.74) is -4.35. The average Bonchev–Trinajstić information content (AvgIpc) is 3.28. The third kappa shape index (κ3) is 48.8. The van der Waals surface area contributed by atoms with Crippen LogP contribution in [0.3, 0.4) is 0 Å². The lowest BCUT2D eigenvalue weighted by Gasteiger charge is -2.34. The number of amides is 7. The van der Waals surface area contributed by atoms with Gasteiger partial charge in [0.05, 0.1) is 0 Å². The van der Waals surface area contributed by atoms with Crippen LogP contribution in [0, 0.1) is 5.92 Å². The fraction of sp³-hybridized carbons (Fsp3) is 0.900. The number of hydrogen-bond acceptors (Lipinski definition) is 13. The summed E-state index contributed by atoms with van der Waals surface area (Å²) in [6.07, 6.45) is 20.0. The summed E-state index contributed by atoms with van der Waals surface area (Å²) in [5, 5.41) is 3.13. The van der Waals surface area contributed by atoms with Crippen molar-refractivity contribution in [1.29, 1.82) is 0 Å². The molecule has 20 nitrogen and oxygen atoms in total. The van der Waals surface area contributed by atoms with Gasteiger partial charge < -0.3 is 63.1 Å². The predicted molar refractivity (Wildman–Crippen MR) is 362 cm³/mol. The third-order valence-corrected chi connectivity index (χ3v) is 14.1. The van der Waals surface area contributed by atoms with Gasteiger partial charge in [-0.05, 0) is 188 Å². The molecule has 0 heterocycles. The van der Waals surface area contributed by atoms with E-state index in [1.54, 1.807) is 33.7 Å². The number of nitrogens with one attached hydrogen (secondary N) is 1. The summed E-state index contributed by atoms with van der Waals surface area (Å²) in [6, 6.07) is 0. The highest BCUT2D eigenvalue weighted by Gasteiger charge is 2.31. The number of carbonyl (C=O) groups is 7. The van der Waals surface area contributed by atoms with Crippen LogP contribution in [0.4, 0.5) is 28.8 Å². The van der Waals surface area contributed by atoms with Crippen molar-refractivity contribution in [3.63, 3.8) is 0 Å². The molecule has 0 aliphatic heterocycles. The summed E-state index contributed by atoms with van der Waals surface area (Å²) in [7, 11) is 3.34. The molecule has 1 N–H and O–H groups in total. The van der Waals surface area contributed by atoms with Crippen molar-refractivity contribution < 1.29 is 62.0 Å². The summed E-state index contributed by atoms with van der Waals surface area (Å²) in [5.74, 6) is -0.103. The normalized spacial score (nSPS) is 12.2. The van der Waals surface area contributed by atoms with Crippen LogP contribution in [0.15, 0.2) is 0 Å². The van der Waals surface area contributed by atoms with Gasteiger partial charge in [-0.1, -0.05) is 96.8 Å². The van der Waals surface area contributed by atoms with Crippen molar-refractivity contribution in [2.45, 2.75) is 319 Å². The second kappa shape index (κ2) is 43.8. The molecule has 20 heteroatoms. The van der Waals surface area contributed by atoms with E-state index in [-0.39, 0.29) is 24.9 Å². The zero-order chi connectivity index (χ0) is 68.8. The second-order valence-electron chi connectivity index (χ2n) is 30.8. The lowest BCUT2D eigenvalue weighted by atomic mass is 9.98. The first-order chi connectivity index (χ1) is 41.6. The molecule has 0 spiro atoms. The first-order valence-electron chi connectivity index (χ1n) is 34.7. The van der Waals surface area contributed by atoms with Gasteiger partial charge in [-0.15, -0.1) is 0 Å². The molecular formula is C70H135N7O13. The van der Waals surface area contributed by atoms with Crippen molar-refractivity contribution in [1.82, 2.24) is 34.7 Å². The Morgan fingerprint density at radius 1 is 0.311 bits per heavy atom. The number of nitrogens with zero attached hydrogens (tertiary/aromatic N) is 6. The zero-order valence-electron chi connectivity index (χ0n) is 61.3. The van der Waals surface area contributed by atoms with E-state index in [0.717, 1.165) is 38.5 Å². The molecule has 0 atom stereocenters. The Morgan fingerprint density at radius 3 is 0.911 bits per heavy atom. The van der Waals surface area contributed by atoms with Crippen LogP contribution in [0.1, 0.15) is 286 Å². The van der Waals surface area contributed by atoms with Gasteiger partial charge in [-0.3, -0.25) is 4.79 Å². The van der Waals surface area contributed by atoms with E-state index < -0.39 is 70.2 Å². The van der Waals surface area contributed by atoms with Gasteiger partial charge in [-0.2, -0.15) is 0 Å². The lowest BCUT2D eigenvalue weighted by molar-refractivity contribution is -0.121. The minimum atomic E-state index is -0.795. The van der Waals surface area contributed by atoms with Gasteiger partial charge in [-0.25, -0.2) is 28.8 Å². The van der Waals surface area contributed by atoms with Crippen LogP contribution in [0.5, 0.6) is 0 Å². The van der Waals surface area contributed by atoms with Crippen LogP contribution >= 0.6 is 0 Å². The minimum Gasteiger partial charge on any atom is -0.444 e. The van der Waals surface area contributed by atoms with E-state index in [0.29, 0.717) is 110 Å². The number of ether oxygens (including phenoxy) is 6. The van der Waals surface area contributed by atoms with Gasteiger partial charge >= 0.3 is 36.6 Å². The summed E-state index contributed by atoms with van der Waals surface area (Å²) in [4.78, 5) is 104. The largest absolute Gasteiger partial charge is 0.444 e. The molecule has 0 radical (unpaired) electrons. The standard InChI is InChI=1S/C70H135N7O13/c1-22-23-24-25-26-27-28-29-30-31-32-36-45-58(78)71-46-37-34-33-35-44-57(55-76(63(83)89-69(14,15)16)51-40-38-49-74(61(81)87-67(8,9)10)53-42-47-72(20)59(79)85-65(2,3)4)56-77(64(84)90-70(17,18)19)52-41-39-50-75(62(82)88-68(11,12)13)54-43-48-73(21)60(80)86-66(5,6)7/h57H,22-56H2,1-21H3,(H,71,78). The first kappa shape index (κ1) is 85.1. The zero-order valence-corrected chi connectivity index (χ0v) is 61.3. The molecule has 528 valence electrons. The van der Waals surface area contributed by atoms with E-state index in [9.17, 15) is 33.6 Å². The minimum absolute atomic E-state index is 0.105. The summed E-state index contributed by atoms with van der Waals surface area (Å²) in [6.45, 7) is 38.9. The molecule has 0 aromatic carbocycles. The van der Waals surface area contributed by atoms with E-state index in [4.69, 9.17) is 28.4 Å². The Morgan fingerprint density at radius 2 is 0.578 bits per heavy atom. The molecule has 0 aromatic rings. The highest BCUT2D eigenvalue weighted by atomic mass is 16.6. The molecule has 0 rings (SSSR count). The average molecular weight is 1280 g/mol. The fourth-order valence-electron chi connectivity index (χ4n) is 9.70. The van der Waals surface area contributed by atoms with Crippen molar-refractivity contribution in [3.05, 3.63) is 0 Å². The Hall–Kier alpha value is -4.91. The van der Waals surface area contributed by atoms with Crippen molar-refractivity contribution in [2.75, 3.05) is 86.1 Å². The molecule has 0 saturated carbocycles. The van der Waals surface area contributed by atoms with Crippen LogP contribution in [-0.4, -0.2) is 192 Å². The van der Waals surface area contributed by atoms with Crippen molar-refractivity contribution >= 4 is 42.5 Å². The summed E-state index contributed by atoms with van der Waals surface area (Å²) >= 11 is 0. The second-order valence-corrected chi connectivity index (χ2v) is 30.8. The maximum absolute atomic E-state index is 14.3. The molecule has 0 aliphatic carbocycles. The van der Waals surface area contributed by atoms with Gasteiger partial charge in [0, 0.05) is 92.5 Å². The number of unbranched alkanes of at least 4 members (excludes halogenated alkanes) is 16. The molecular weight excluding hydrogens is 1150 g/mol. The Kier molecular flexibility index (Phi) is 41.4. The predicted octanol–water partition coefficient (Wildman–Crippen LogP) is 16.8. The molecule has 7 amide bonds. The van der Waals surface area contributed by atoms with E-state index in [2.05, 4.69) is 12.2 Å². The Bertz CT molecular complexity index is 1900. The third-order valence-electron chi connectivity index (χ3n) is 14.1. The Labute approximate surface area is 548 Å². The molecule has 0 aliphatic rings. The number of hydrogen-bond donors (Lipinski definition) is 1. The van der Waals surface area contributed by atoms with E-state index >= 15 is 0 Å². The van der Waals surface area contributed by atoms with Crippen LogP contribution in [0.25, 0.3) is 0 Å². The molecule has 0 aromatic heterocycles. The van der Waals surface area contributed by atoms with Gasteiger partial charge in [0.1, 0.15) is 33.6 Å². The SMILES string of the molecule is CCCCCCCCCCCCCCC(=O)NCCCCCCC(CN(CCCCN(CCCN(C)C(=O)OC(C)(C)C)C(=O)OC(C)(C)C)C(=O)OC(C)(C)C)CN(CCCCN(CCCN(C)C(=O)OC(C)(C)C)C(=O)OC(C)(C)C)C(=O)OC(C)(C)C. The Balaban J connectivity index is 6.57. The molecule has 0 unspecified atom stereocenters. The highest BCUT2D eigenvalue weighted by Crippen LogP contribution is 2.23. The molecule has 90 heavy (non-hydrogen) atoms. The number of rotatable bonds is 42. The molecule has 0 fully saturated rings. The highest BCUT2D eigenvalue weighted by molar-refractivity contribution is 5.75. The monoisotopic (exact) mass is 1280 g/mol.